The van der Waals surface area contributed by atoms with E-state index in [4.69, 9.17) is 10.00 Å². The van der Waals surface area contributed by atoms with Gasteiger partial charge in [-0.3, -0.25) is 0 Å². The van der Waals surface area contributed by atoms with Gasteiger partial charge in [0.1, 0.15) is 0 Å². The lowest BCUT2D eigenvalue weighted by atomic mass is 9.80. The van der Waals surface area contributed by atoms with Gasteiger partial charge in [0, 0.05) is 23.8 Å². The molecule has 90 valence electrons. The summed E-state index contributed by atoms with van der Waals surface area (Å²) in [4.78, 5) is 0. The third kappa shape index (κ3) is 2.80. The van der Waals surface area contributed by atoms with Crippen molar-refractivity contribution < 1.29 is 4.74 Å². The van der Waals surface area contributed by atoms with Crippen LogP contribution in [0.1, 0.15) is 24.8 Å². The standard InChI is InChI=1S/C13H15BrN2O/c1-17-13(3-2-4-13)9-16-12-6-10(8-15)5-11(14)7-12/h5-7,16H,2-4,9H2,1H3. The molecule has 3 nitrogen and oxygen atoms in total. The Morgan fingerprint density at radius 3 is 2.76 bits per heavy atom. The summed E-state index contributed by atoms with van der Waals surface area (Å²) in [5.74, 6) is 0. The molecule has 1 N–H and O–H groups in total. The number of nitriles is 1. The minimum Gasteiger partial charge on any atom is -0.382 e. The second kappa shape index (κ2) is 5.07. The Bertz CT molecular complexity index is 444. The van der Waals surface area contributed by atoms with Gasteiger partial charge in [-0.1, -0.05) is 15.9 Å². The van der Waals surface area contributed by atoms with Gasteiger partial charge in [-0.15, -0.1) is 0 Å². The van der Waals surface area contributed by atoms with Gasteiger partial charge in [0.2, 0.25) is 0 Å². The maximum Gasteiger partial charge on any atom is 0.0992 e. The number of rotatable bonds is 4. The van der Waals surface area contributed by atoms with Gasteiger partial charge in [-0.05, 0) is 37.5 Å². The third-order valence-corrected chi connectivity index (χ3v) is 3.80. The van der Waals surface area contributed by atoms with Gasteiger partial charge in [0.15, 0.2) is 0 Å². The van der Waals surface area contributed by atoms with Crippen LogP contribution in [0.15, 0.2) is 22.7 Å². The van der Waals surface area contributed by atoms with Gasteiger partial charge in [-0.2, -0.15) is 5.26 Å². The predicted octanol–water partition coefficient (Wildman–Crippen LogP) is 3.30. The highest BCUT2D eigenvalue weighted by molar-refractivity contribution is 9.10. The predicted molar refractivity (Wildman–Crippen MR) is 70.9 cm³/mol. The van der Waals surface area contributed by atoms with Crippen LogP contribution in [0, 0.1) is 11.3 Å². The zero-order chi connectivity index (χ0) is 12.3. The number of nitrogens with one attached hydrogen (secondary N) is 1. The fourth-order valence-corrected chi connectivity index (χ4v) is 2.54. The molecular formula is C13H15BrN2O. The van der Waals surface area contributed by atoms with Crippen molar-refractivity contribution in [1.82, 2.24) is 0 Å². The molecule has 1 aliphatic carbocycles. The normalized spacial score (nSPS) is 17.0. The minimum atomic E-state index is -0.00484. The van der Waals surface area contributed by atoms with Crippen LogP contribution < -0.4 is 5.32 Å². The second-order valence-corrected chi connectivity index (χ2v) is 5.35. The van der Waals surface area contributed by atoms with E-state index in [9.17, 15) is 0 Å². The van der Waals surface area contributed by atoms with Crippen molar-refractivity contribution in [1.29, 1.82) is 5.26 Å². The molecule has 0 spiro atoms. The Kier molecular flexibility index (Phi) is 3.70. The van der Waals surface area contributed by atoms with Gasteiger partial charge >= 0.3 is 0 Å². The van der Waals surface area contributed by atoms with E-state index < -0.39 is 0 Å². The molecule has 0 amide bonds. The van der Waals surface area contributed by atoms with Gasteiger partial charge in [-0.25, -0.2) is 0 Å². The highest BCUT2D eigenvalue weighted by atomic mass is 79.9. The Morgan fingerprint density at radius 2 is 2.24 bits per heavy atom. The number of nitrogens with zero attached hydrogens (tertiary/aromatic N) is 1. The molecule has 4 heteroatoms. The molecule has 17 heavy (non-hydrogen) atoms. The molecule has 0 saturated heterocycles. The van der Waals surface area contributed by atoms with Crippen LogP contribution in [0.5, 0.6) is 0 Å². The van der Waals surface area contributed by atoms with Crippen molar-refractivity contribution in [2.45, 2.75) is 24.9 Å². The third-order valence-electron chi connectivity index (χ3n) is 3.34. The molecule has 0 unspecified atom stereocenters. The van der Waals surface area contributed by atoms with Crippen molar-refractivity contribution in [3.05, 3.63) is 28.2 Å². The zero-order valence-electron chi connectivity index (χ0n) is 9.79. The molecule has 1 aromatic carbocycles. The fraction of sp³-hybridized carbons (Fsp3) is 0.462. The first kappa shape index (κ1) is 12.4. The van der Waals surface area contributed by atoms with E-state index in [1.807, 2.05) is 12.1 Å². The number of methoxy groups -OCH3 is 1. The van der Waals surface area contributed by atoms with Crippen LogP contribution in [-0.2, 0) is 4.74 Å². The summed E-state index contributed by atoms with van der Waals surface area (Å²) in [5.41, 5.74) is 1.61. The maximum absolute atomic E-state index is 8.89. The average molecular weight is 295 g/mol. The summed E-state index contributed by atoms with van der Waals surface area (Å²) in [7, 11) is 1.77. The van der Waals surface area contributed by atoms with E-state index in [0.29, 0.717) is 5.56 Å². The molecular weight excluding hydrogens is 280 g/mol. The number of hydrogen-bond acceptors (Lipinski definition) is 3. The van der Waals surface area contributed by atoms with Crippen molar-refractivity contribution in [2.24, 2.45) is 0 Å². The minimum absolute atomic E-state index is 0.00484. The van der Waals surface area contributed by atoms with E-state index >= 15 is 0 Å². The summed E-state index contributed by atoms with van der Waals surface area (Å²) in [5, 5.41) is 12.2. The van der Waals surface area contributed by atoms with Gasteiger partial charge in [0.05, 0.1) is 17.2 Å². The Labute approximate surface area is 110 Å². The maximum atomic E-state index is 8.89. The lowest BCUT2D eigenvalue weighted by Crippen LogP contribution is -2.45. The second-order valence-electron chi connectivity index (χ2n) is 4.43. The number of ether oxygens (including phenoxy) is 1. The fourth-order valence-electron chi connectivity index (χ4n) is 2.04. The van der Waals surface area contributed by atoms with Gasteiger partial charge in [0.25, 0.3) is 0 Å². The van der Waals surface area contributed by atoms with Crippen molar-refractivity contribution in [2.75, 3.05) is 19.0 Å². The summed E-state index contributed by atoms with van der Waals surface area (Å²) < 4.78 is 6.46. The van der Waals surface area contributed by atoms with E-state index in [1.54, 1.807) is 13.2 Å². The molecule has 0 radical (unpaired) electrons. The highest BCUT2D eigenvalue weighted by Gasteiger charge is 2.36. The molecule has 0 aromatic heterocycles. The zero-order valence-corrected chi connectivity index (χ0v) is 11.4. The molecule has 0 bridgehead atoms. The first-order valence-corrected chi connectivity index (χ1v) is 6.46. The van der Waals surface area contributed by atoms with Crippen LogP contribution in [0.25, 0.3) is 0 Å². The molecule has 0 aliphatic heterocycles. The molecule has 1 saturated carbocycles. The van der Waals surface area contributed by atoms with Crippen molar-refractivity contribution >= 4 is 21.6 Å². The number of halogens is 1. The van der Waals surface area contributed by atoms with Crippen molar-refractivity contribution in [3.8, 4) is 6.07 Å². The first-order chi connectivity index (χ1) is 8.17. The van der Waals surface area contributed by atoms with E-state index in [-0.39, 0.29) is 5.60 Å². The Morgan fingerprint density at radius 1 is 1.47 bits per heavy atom. The Balaban J connectivity index is 2.04. The molecule has 2 rings (SSSR count). The topological polar surface area (TPSA) is 45.0 Å². The average Bonchev–Trinajstić information content (AvgIpc) is 2.27. The number of anilines is 1. The summed E-state index contributed by atoms with van der Waals surface area (Å²) >= 11 is 3.40. The number of benzene rings is 1. The monoisotopic (exact) mass is 294 g/mol. The first-order valence-electron chi connectivity index (χ1n) is 5.67. The molecule has 0 atom stereocenters. The van der Waals surface area contributed by atoms with Crippen LogP contribution in [0.3, 0.4) is 0 Å². The number of hydrogen-bond donors (Lipinski definition) is 1. The summed E-state index contributed by atoms with van der Waals surface area (Å²) in [6.07, 6.45) is 3.45. The summed E-state index contributed by atoms with van der Waals surface area (Å²) in [6, 6.07) is 7.78. The largest absolute Gasteiger partial charge is 0.382 e. The van der Waals surface area contributed by atoms with E-state index in [1.165, 1.54) is 6.42 Å². The van der Waals surface area contributed by atoms with Crippen LogP contribution in [0.4, 0.5) is 5.69 Å². The molecule has 1 aromatic rings. The highest BCUT2D eigenvalue weighted by Crippen LogP contribution is 2.35. The van der Waals surface area contributed by atoms with Gasteiger partial charge < -0.3 is 10.1 Å². The van der Waals surface area contributed by atoms with E-state index in [0.717, 1.165) is 29.5 Å². The van der Waals surface area contributed by atoms with Crippen LogP contribution >= 0.6 is 15.9 Å². The van der Waals surface area contributed by atoms with Crippen molar-refractivity contribution in [3.63, 3.8) is 0 Å². The molecule has 1 aliphatic rings. The lowest BCUT2D eigenvalue weighted by molar-refractivity contribution is -0.0601. The molecule has 1 fully saturated rings. The lowest BCUT2D eigenvalue weighted by Gasteiger charge is -2.40. The summed E-state index contributed by atoms with van der Waals surface area (Å²) in [6.45, 7) is 0.796. The van der Waals surface area contributed by atoms with Crippen LogP contribution in [0.2, 0.25) is 0 Å². The molecule has 0 heterocycles. The SMILES string of the molecule is COC1(CNc2cc(Br)cc(C#N)c2)CCC1. The Hall–Kier alpha value is -1.05. The van der Waals surface area contributed by atoms with E-state index in [2.05, 4.69) is 27.3 Å². The van der Waals surface area contributed by atoms with Crippen LogP contribution in [-0.4, -0.2) is 19.3 Å². The quantitative estimate of drug-likeness (QED) is 0.927. The smallest absolute Gasteiger partial charge is 0.0992 e.